The Balaban J connectivity index is 1.81. The van der Waals surface area contributed by atoms with E-state index in [1.54, 1.807) is 28.1 Å². The van der Waals surface area contributed by atoms with Gasteiger partial charge in [-0.1, -0.05) is 23.5 Å². The molecule has 0 aliphatic heterocycles. The van der Waals surface area contributed by atoms with Crippen LogP contribution in [-0.2, 0) is 13.6 Å². The van der Waals surface area contributed by atoms with E-state index in [0.29, 0.717) is 17.5 Å². The lowest BCUT2D eigenvalue weighted by Crippen LogP contribution is -2.32. The van der Waals surface area contributed by atoms with Crippen LogP contribution in [0.2, 0.25) is 0 Å². The summed E-state index contributed by atoms with van der Waals surface area (Å²) >= 11 is 1.51. The van der Waals surface area contributed by atoms with Gasteiger partial charge < -0.3 is 4.57 Å². The Morgan fingerprint density at radius 2 is 2.00 bits per heavy atom. The quantitative estimate of drug-likeness (QED) is 0.541. The molecule has 7 heteroatoms. The Hall–Kier alpha value is -3.06. The number of hydrogen-bond acceptors (Lipinski definition) is 5. The van der Waals surface area contributed by atoms with Gasteiger partial charge in [0.1, 0.15) is 0 Å². The predicted octanol–water partition coefficient (Wildman–Crippen LogP) is 3.89. The van der Waals surface area contributed by atoms with E-state index in [-0.39, 0.29) is 5.91 Å². The highest BCUT2D eigenvalue weighted by Crippen LogP contribution is 2.33. The summed E-state index contributed by atoms with van der Waals surface area (Å²) in [6, 6.07) is 9.82. The van der Waals surface area contributed by atoms with Crippen molar-refractivity contribution in [2.24, 2.45) is 7.05 Å². The lowest BCUT2D eigenvalue weighted by Gasteiger charge is -2.19. The van der Waals surface area contributed by atoms with Crippen molar-refractivity contribution in [3.05, 3.63) is 71.6 Å². The molecule has 136 valence electrons. The van der Waals surface area contributed by atoms with Crippen LogP contribution in [0.5, 0.6) is 0 Å². The molecule has 0 aliphatic carbocycles. The second kappa shape index (κ2) is 6.92. The fourth-order valence-corrected chi connectivity index (χ4v) is 3.92. The lowest BCUT2D eigenvalue weighted by molar-refractivity contribution is 0.0972. The number of anilines is 1. The standard InChI is InChI=1S/C20H19N5OS/c1-13-7-8-16-17(14(13)2)23-20(27-16)25(12-15-6-4-5-9-21-15)19(26)18-22-10-11-24(18)3/h4-11H,12H2,1-3H3. The summed E-state index contributed by atoms with van der Waals surface area (Å²) in [6.07, 6.45) is 5.11. The van der Waals surface area contributed by atoms with Crippen LogP contribution in [0, 0.1) is 13.8 Å². The number of rotatable bonds is 4. The molecular formula is C20H19N5OS. The summed E-state index contributed by atoms with van der Waals surface area (Å²) in [5, 5.41) is 0.650. The minimum atomic E-state index is -0.193. The van der Waals surface area contributed by atoms with Gasteiger partial charge >= 0.3 is 0 Å². The number of imidazole rings is 1. The minimum Gasteiger partial charge on any atom is -0.330 e. The summed E-state index contributed by atoms with van der Waals surface area (Å²) in [4.78, 5) is 28.3. The van der Waals surface area contributed by atoms with Gasteiger partial charge in [0.15, 0.2) is 11.0 Å². The summed E-state index contributed by atoms with van der Waals surface area (Å²) in [5.41, 5.74) is 4.06. The van der Waals surface area contributed by atoms with Crippen molar-refractivity contribution in [2.75, 3.05) is 4.90 Å². The van der Waals surface area contributed by atoms with Crippen molar-refractivity contribution < 1.29 is 4.79 Å². The molecule has 27 heavy (non-hydrogen) atoms. The van der Waals surface area contributed by atoms with Crippen LogP contribution in [0.25, 0.3) is 10.2 Å². The van der Waals surface area contributed by atoms with Crippen molar-refractivity contribution in [1.29, 1.82) is 0 Å². The highest BCUT2D eigenvalue weighted by molar-refractivity contribution is 7.22. The third-order valence-electron chi connectivity index (χ3n) is 4.61. The molecule has 3 aromatic heterocycles. The van der Waals surface area contributed by atoms with E-state index in [4.69, 9.17) is 4.98 Å². The first-order valence-corrected chi connectivity index (χ1v) is 9.42. The molecule has 1 amide bonds. The lowest BCUT2D eigenvalue weighted by atomic mass is 10.1. The van der Waals surface area contributed by atoms with Gasteiger partial charge in [-0.05, 0) is 43.2 Å². The number of nitrogens with zero attached hydrogens (tertiary/aromatic N) is 5. The van der Waals surface area contributed by atoms with E-state index in [1.807, 2.05) is 25.2 Å². The number of pyridine rings is 1. The molecule has 3 heterocycles. The third kappa shape index (κ3) is 3.21. The van der Waals surface area contributed by atoms with Crippen LogP contribution in [0.15, 0.2) is 48.9 Å². The molecule has 0 atom stereocenters. The maximum absolute atomic E-state index is 13.2. The second-order valence-corrected chi connectivity index (χ2v) is 7.43. The zero-order chi connectivity index (χ0) is 19.0. The van der Waals surface area contributed by atoms with Gasteiger partial charge in [-0.15, -0.1) is 0 Å². The number of aromatic nitrogens is 4. The van der Waals surface area contributed by atoms with Crippen LogP contribution in [0.3, 0.4) is 0 Å². The summed E-state index contributed by atoms with van der Waals surface area (Å²) in [5.74, 6) is 0.180. The van der Waals surface area contributed by atoms with Gasteiger partial charge in [0.05, 0.1) is 22.5 Å². The van der Waals surface area contributed by atoms with Crippen molar-refractivity contribution >= 4 is 32.6 Å². The zero-order valence-electron chi connectivity index (χ0n) is 15.4. The molecule has 6 nitrogen and oxygen atoms in total. The van der Waals surface area contributed by atoms with E-state index in [1.165, 1.54) is 16.9 Å². The van der Waals surface area contributed by atoms with Crippen LogP contribution in [0.4, 0.5) is 5.13 Å². The fourth-order valence-electron chi connectivity index (χ4n) is 2.90. The Labute approximate surface area is 161 Å². The SMILES string of the molecule is Cc1ccc2sc(N(Cc3ccccn3)C(=O)c3nccn3C)nc2c1C. The highest BCUT2D eigenvalue weighted by Gasteiger charge is 2.25. The van der Waals surface area contributed by atoms with Crippen LogP contribution in [0.1, 0.15) is 27.4 Å². The van der Waals surface area contributed by atoms with Gasteiger partial charge in [-0.2, -0.15) is 0 Å². The Bertz CT molecular complexity index is 1120. The fraction of sp³-hybridized carbons (Fsp3) is 0.200. The molecule has 4 rings (SSSR count). The average Bonchev–Trinajstić information content (AvgIpc) is 3.30. The molecule has 0 saturated heterocycles. The molecule has 0 aliphatic rings. The van der Waals surface area contributed by atoms with E-state index >= 15 is 0 Å². The average molecular weight is 377 g/mol. The molecule has 0 N–H and O–H groups in total. The van der Waals surface area contributed by atoms with Gasteiger partial charge in [-0.25, -0.2) is 9.97 Å². The van der Waals surface area contributed by atoms with Crippen LogP contribution in [-0.4, -0.2) is 25.4 Å². The molecule has 0 bridgehead atoms. The Morgan fingerprint density at radius 3 is 2.70 bits per heavy atom. The molecule has 4 aromatic rings. The highest BCUT2D eigenvalue weighted by atomic mass is 32.1. The first kappa shape index (κ1) is 17.4. The Kier molecular flexibility index (Phi) is 4.45. The summed E-state index contributed by atoms with van der Waals surface area (Å²) in [6.45, 7) is 4.47. The first-order valence-electron chi connectivity index (χ1n) is 8.60. The monoisotopic (exact) mass is 377 g/mol. The topological polar surface area (TPSA) is 63.9 Å². The van der Waals surface area contributed by atoms with Crippen molar-refractivity contribution in [3.8, 4) is 0 Å². The van der Waals surface area contributed by atoms with E-state index in [9.17, 15) is 4.79 Å². The van der Waals surface area contributed by atoms with Crippen LogP contribution >= 0.6 is 11.3 Å². The van der Waals surface area contributed by atoms with Crippen molar-refractivity contribution in [3.63, 3.8) is 0 Å². The van der Waals surface area contributed by atoms with E-state index in [0.717, 1.165) is 21.5 Å². The predicted molar refractivity (Wildman–Crippen MR) is 107 cm³/mol. The summed E-state index contributed by atoms with van der Waals surface area (Å²) < 4.78 is 2.78. The van der Waals surface area contributed by atoms with Gasteiger partial charge in [0, 0.05) is 25.6 Å². The molecule has 0 fully saturated rings. The Morgan fingerprint density at radius 1 is 1.15 bits per heavy atom. The third-order valence-corrected chi connectivity index (χ3v) is 5.65. The van der Waals surface area contributed by atoms with Crippen molar-refractivity contribution in [2.45, 2.75) is 20.4 Å². The van der Waals surface area contributed by atoms with Crippen molar-refractivity contribution in [1.82, 2.24) is 19.5 Å². The molecule has 0 unspecified atom stereocenters. The smallest absolute Gasteiger partial charge is 0.296 e. The number of fused-ring (bicyclic) bond motifs is 1. The normalized spacial score (nSPS) is 11.1. The van der Waals surface area contributed by atoms with Crippen LogP contribution < -0.4 is 4.90 Å². The van der Waals surface area contributed by atoms with E-state index in [2.05, 4.69) is 35.9 Å². The number of aryl methyl sites for hydroxylation is 3. The van der Waals surface area contributed by atoms with Gasteiger partial charge in [-0.3, -0.25) is 14.7 Å². The van der Waals surface area contributed by atoms with Gasteiger partial charge in [0.2, 0.25) is 0 Å². The minimum absolute atomic E-state index is 0.193. The maximum atomic E-state index is 13.2. The number of carbonyl (C=O) groups is 1. The molecule has 0 spiro atoms. The number of thiazole rings is 1. The molecule has 0 radical (unpaired) electrons. The molecule has 0 saturated carbocycles. The maximum Gasteiger partial charge on any atom is 0.296 e. The summed E-state index contributed by atoms with van der Waals surface area (Å²) in [7, 11) is 1.81. The van der Waals surface area contributed by atoms with E-state index < -0.39 is 0 Å². The molecular weight excluding hydrogens is 358 g/mol. The number of carbonyl (C=O) groups excluding carboxylic acids is 1. The number of hydrogen-bond donors (Lipinski definition) is 0. The number of benzene rings is 1. The molecule has 1 aromatic carbocycles. The zero-order valence-corrected chi connectivity index (χ0v) is 16.2. The second-order valence-electron chi connectivity index (χ2n) is 6.42. The first-order chi connectivity index (χ1) is 13.0. The van der Waals surface area contributed by atoms with Gasteiger partial charge in [0.25, 0.3) is 5.91 Å². The largest absolute Gasteiger partial charge is 0.330 e. The number of amides is 1.